The second-order valence-electron chi connectivity index (χ2n) is 4.24. The molecule has 112 valence electrons. The molecule has 2 N–H and O–H groups in total. The molecule has 1 aromatic carbocycles. The van der Waals surface area contributed by atoms with Crippen molar-refractivity contribution in [1.82, 2.24) is 19.9 Å². The minimum absolute atomic E-state index is 0.0974. The summed E-state index contributed by atoms with van der Waals surface area (Å²) in [6, 6.07) is 6.89. The number of rotatable bonds is 4. The first-order chi connectivity index (χ1) is 10.6. The average molecular weight is 354 g/mol. The lowest BCUT2D eigenvalue weighted by Crippen LogP contribution is -2.14. The number of thioether (sulfide) groups is 1. The van der Waals surface area contributed by atoms with E-state index in [1.165, 1.54) is 18.1 Å². The molecule has 6 nitrogen and oxygen atoms in total. The predicted molar refractivity (Wildman–Crippen MR) is 87.5 cm³/mol. The Bertz CT molecular complexity index is 821. The van der Waals surface area contributed by atoms with Gasteiger partial charge in [0, 0.05) is 10.7 Å². The van der Waals surface area contributed by atoms with Crippen LogP contribution in [0.4, 0.5) is 5.69 Å². The number of H-pyrrole nitrogens is 1. The van der Waals surface area contributed by atoms with Crippen molar-refractivity contribution < 1.29 is 4.79 Å². The van der Waals surface area contributed by atoms with E-state index in [0.717, 1.165) is 0 Å². The van der Waals surface area contributed by atoms with E-state index in [1.807, 2.05) is 0 Å². The first kappa shape index (κ1) is 15.1. The van der Waals surface area contributed by atoms with Gasteiger partial charge in [0.2, 0.25) is 11.2 Å². The van der Waals surface area contributed by atoms with Gasteiger partial charge in [-0.3, -0.25) is 4.79 Å². The van der Waals surface area contributed by atoms with E-state index in [1.54, 1.807) is 24.3 Å². The number of halogens is 2. The maximum Gasteiger partial charge on any atom is 0.234 e. The van der Waals surface area contributed by atoms with E-state index in [2.05, 4.69) is 25.3 Å². The Morgan fingerprint density at radius 2 is 2.00 bits per heavy atom. The largest absolute Gasteiger partial charge is 0.341 e. The predicted octanol–water partition coefficient (Wildman–Crippen LogP) is 3.39. The lowest BCUT2D eigenvalue weighted by atomic mass is 10.3. The van der Waals surface area contributed by atoms with Crippen LogP contribution in [0, 0.1) is 0 Å². The minimum atomic E-state index is -0.158. The molecule has 0 aliphatic rings. The Balaban J connectivity index is 1.67. The van der Waals surface area contributed by atoms with Crippen molar-refractivity contribution in [2.75, 3.05) is 11.1 Å². The van der Waals surface area contributed by atoms with Gasteiger partial charge in [0.25, 0.3) is 0 Å². The van der Waals surface area contributed by atoms with E-state index in [4.69, 9.17) is 23.2 Å². The summed E-state index contributed by atoms with van der Waals surface area (Å²) in [6.45, 7) is 0. The van der Waals surface area contributed by atoms with Crippen molar-refractivity contribution in [3.63, 3.8) is 0 Å². The molecule has 0 aliphatic carbocycles. The van der Waals surface area contributed by atoms with E-state index < -0.39 is 0 Å². The molecule has 0 unspecified atom stereocenters. The minimum Gasteiger partial charge on any atom is -0.341 e. The number of imidazole rings is 1. The third kappa shape index (κ3) is 3.49. The van der Waals surface area contributed by atoms with E-state index >= 15 is 0 Å². The molecule has 0 saturated carbocycles. The standard InChI is InChI=1S/C13H9Cl2N5OS/c14-7-1-3-8(4-2-7)18-9(21)5-22-12-10-11(17-6-16-10)19-13(15)20-12/h1-4,6H,5H2,(H,18,21)(H,16,17,19,20). The van der Waals surface area contributed by atoms with Crippen LogP contribution in [0.3, 0.4) is 0 Å². The van der Waals surface area contributed by atoms with Crippen molar-refractivity contribution in [1.29, 1.82) is 0 Å². The van der Waals surface area contributed by atoms with E-state index in [0.29, 0.717) is 26.9 Å². The zero-order chi connectivity index (χ0) is 15.5. The van der Waals surface area contributed by atoms with Gasteiger partial charge in [0.15, 0.2) is 5.65 Å². The molecule has 0 aliphatic heterocycles. The summed E-state index contributed by atoms with van der Waals surface area (Å²) in [4.78, 5) is 27.0. The fraction of sp³-hybridized carbons (Fsp3) is 0.0769. The SMILES string of the molecule is O=C(CSc1nc(Cl)nc2nc[nH]c12)Nc1ccc(Cl)cc1. The zero-order valence-electron chi connectivity index (χ0n) is 11.0. The summed E-state index contributed by atoms with van der Waals surface area (Å²) < 4.78 is 0. The molecule has 0 saturated heterocycles. The number of fused-ring (bicyclic) bond motifs is 1. The fourth-order valence-electron chi connectivity index (χ4n) is 1.75. The molecule has 0 fully saturated rings. The topological polar surface area (TPSA) is 83.6 Å². The number of amides is 1. The summed E-state index contributed by atoms with van der Waals surface area (Å²) in [7, 11) is 0. The van der Waals surface area contributed by atoms with Crippen LogP contribution < -0.4 is 5.32 Å². The summed E-state index contributed by atoms with van der Waals surface area (Å²) >= 11 is 12.9. The molecular formula is C13H9Cl2N5OS. The van der Waals surface area contributed by atoms with Crippen LogP contribution in [-0.4, -0.2) is 31.6 Å². The van der Waals surface area contributed by atoms with Gasteiger partial charge in [0.1, 0.15) is 10.5 Å². The number of hydrogen-bond donors (Lipinski definition) is 2. The van der Waals surface area contributed by atoms with Crippen molar-refractivity contribution in [3.8, 4) is 0 Å². The quantitative estimate of drug-likeness (QED) is 0.426. The summed E-state index contributed by atoms with van der Waals surface area (Å²) in [5.74, 6) is 0.0269. The molecule has 22 heavy (non-hydrogen) atoms. The van der Waals surface area contributed by atoms with Gasteiger partial charge >= 0.3 is 0 Å². The van der Waals surface area contributed by atoms with Crippen LogP contribution in [0.25, 0.3) is 11.2 Å². The second-order valence-corrected chi connectivity index (χ2v) is 5.98. The number of nitrogens with one attached hydrogen (secondary N) is 2. The maximum atomic E-state index is 12.0. The van der Waals surface area contributed by atoms with Crippen LogP contribution >= 0.6 is 35.0 Å². The highest BCUT2D eigenvalue weighted by atomic mass is 35.5. The number of hydrogen-bond acceptors (Lipinski definition) is 5. The Kier molecular flexibility index (Phi) is 4.47. The van der Waals surface area contributed by atoms with Crippen molar-refractivity contribution in [2.45, 2.75) is 5.03 Å². The van der Waals surface area contributed by atoms with Crippen molar-refractivity contribution in [2.24, 2.45) is 0 Å². The monoisotopic (exact) mass is 353 g/mol. The number of anilines is 1. The van der Waals surface area contributed by atoms with Crippen molar-refractivity contribution in [3.05, 3.63) is 40.9 Å². The zero-order valence-corrected chi connectivity index (χ0v) is 13.3. The number of benzene rings is 1. The number of nitrogens with zero attached hydrogens (tertiary/aromatic N) is 3. The van der Waals surface area contributed by atoms with Gasteiger partial charge in [-0.05, 0) is 35.9 Å². The first-order valence-electron chi connectivity index (χ1n) is 6.16. The number of aromatic nitrogens is 4. The first-order valence-corrected chi connectivity index (χ1v) is 7.91. The van der Waals surface area contributed by atoms with Gasteiger partial charge < -0.3 is 10.3 Å². The third-order valence-corrected chi connectivity index (χ3v) is 4.09. The molecule has 2 heterocycles. The highest BCUT2D eigenvalue weighted by Gasteiger charge is 2.11. The van der Waals surface area contributed by atoms with Gasteiger partial charge in [-0.15, -0.1) is 0 Å². The average Bonchev–Trinajstić information content (AvgIpc) is 2.95. The van der Waals surface area contributed by atoms with Gasteiger partial charge in [-0.25, -0.2) is 9.97 Å². The molecule has 0 radical (unpaired) electrons. The van der Waals surface area contributed by atoms with Crippen LogP contribution in [-0.2, 0) is 4.79 Å². The number of carbonyl (C=O) groups is 1. The van der Waals surface area contributed by atoms with Crippen LogP contribution in [0.5, 0.6) is 0 Å². The fourth-order valence-corrected chi connectivity index (χ4v) is 2.88. The lowest BCUT2D eigenvalue weighted by molar-refractivity contribution is -0.113. The molecule has 0 spiro atoms. The molecule has 3 rings (SSSR count). The van der Waals surface area contributed by atoms with Crippen LogP contribution in [0.2, 0.25) is 10.3 Å². The Labute approximate surface area is 139 Å². The normalized spacial score (nSPS) is 10.8. The highest BCUT2D eigenvalue weighted by molar-refractivity contribution is 8.00. The Morgan fingerprint density at radius 1 is 1.23 bits per heavy atom. The molecule has 0 atom stereocenters. The van der Waals surface area contributed by atoms with Crippen LogP contribution in [0.15, 0.2) is 35.6 Å². The summed E-state index contributed by atoms with van der Waals surface area (Å²) in [6.07, 6.45) is 1.51. The molecular weight excluding hydrogens is 345 g/mol. The molecule has 0 bridgehead atoms. The highest BCUT2D eigenvalue weighted by Crippen LogP contribution is 2.24. The maximum absolute atomic E-state index is 12.0. The molecule has 1 amide bonds. The molecule has 3 aromatic rings. The van der Waals surface area contributed by atoms with E-state index in [9.17, 15) is 4.79 Å². The Hall–Kier alpha value is -1.83. The lowest BCUT2D eigenvalue weighted by Gasteiger charge is -2.05. The molecule has 9 heteroatoms. The van der Waals surface area contributed by atoms with Gasteiger partial charge in [0.05, 0.1) is 12.1 Å². The van der Waals surface area contributed by atoms with Crippen LogP contribution in [0.1, 0.15) is 0 Å². The molecule has 2 aromatic heterocycles. The third-order valence-electron chi connectivity index (χ3n) is 2.69. The second kappa shape index (κ2) is 6.51. The summed E-state index contributed by atoms with van der Waals surface area (Å²) in [5, 5.41) is 4.07. The van der Waals surface area contributed by atoms with Gasteiger partial charge in [-0.2, -0.15) is 4.98 Å². The van der Waals surface area contributed by atoms with Crippen molar-refractivity contribution >= 4 is 57.7 Å². The summed E-state index contributed by atoms with van der Waals surface area (Å²) in [5.41, 5.74) is 1.82. The number of carbonyl (C=O) groups excluding carboxylic acids is 1. The van der Waals surface area contributed by atoms with E-state index in [-0.39, 0.29) is 16.9 Å². The van der Waals surface area contributed by atoms with Gasteiger partial charge in [-0.1, -0.05) is 23.4 Å². The smallest absolute Gasteiger partial charge is 0.234 e. The number of aromatic amines is 1. The Morgan fingerprint density at radius 3 is 2.77 bits per heavy atom.